The molecule has 0 aliphatic carbocycles. The molecule has 0 bridgehead atoms. The Hall–Kier alpha value is -2.54. The molecule has 0 aliphatic heterocycles. The average Bonchev–Trinajstić information content (AvgIpc) is 2.56. The molecule has 0 aromatic heterocycles. The number of rotatable bonds is 8. The Kier molecular flexibility index (Phi) is 5.81. The van der Waals surface area contributed by atoms with Gasteiger partial charge in [-0.05, 0) is 48.4 Å². The van der Waals surface area contributed by atoms with Crippen LogP contribution in [0.3, 0.4) is 0 Å². The van der Waals surface area contributed by atoms with Crippen LogP contribution in [0, 0.1) is 0 Å². The van der Waals surface area contributed by atoms with Crippen molar-refractivity contribution in [3.05, 3.63) is 54.1 Å². The molecule has 0 unspecified atom stereocenters. The van der Waals surface area contributed by atoms with Crippen LogP contribution in [0.2, 0.25) is 0 Å². The van der Waals surface area contributed by atoms with Crippen molar-refractivity contribution in [2.45, 2.75) is 24.7 Å². The molecule has 0 radical (unpaired) electrons. The van der Waals surface area contributed by atoms with Crippen LogP contribution in [0.1, 0.15) is 30.1 Å². The lowest BCUT2D eigenvalue weighted by Gasteiger charge is -2.10. The topological polar surface area (TPSA) is 95.5 Å². The van der Waals surface area contributed by atoms with Crippen LogP contribution in [-0.4, -0.2) is 21.0 Å². The predicted molar refractivity (Wildman–Crippen MR) is 88.4 cm³/mol. The minimum atomic E-state index is -3.76. The fraction of sp³-hybridized carbons (Fsp3) is 0.235. The summed E-state index contributed by atoms with van der Waals surface area (Å²) in [4.78, 5) is 10.8. The number of ether oxygens (including phenoxy) is 1. The monoisotopic (exact) mass is 348 g/mol. The highest BCUT2D eigenvalue weighted by atomic mass is 32.2. The molecule has 0 spiro atoms. The van der Waals surface area contributed by atoms with Crippen LogP contribution in [0.15, 0.2) is 53.4 Å². The third kappa shape index (κ3) is 4.73. The molecule has 2 aromatic rings. The molecule has 0 amide bonds. The van der Waals surface area contributed by atoms with Gasteiger partial charge in [-0.25, -0.2) is 8.42 Å². The van der Waals surface area contributed by atoms with Crippen LogP contribution in [0.25, 0.3) is 0 Å². The van der Waals surface area contributed by atoms with E-state index < -0.39 is 16.0 Å². The van der Waals surface area contributed by atoms with Gasteiger partial charge in [0.2, 0.25) is 0 Å². The van der Waals surface area contributed by atoms with Crippen LogP contribution < -0.4 is 14.6 Å². The molecule has 2 aromatic carbocycles. The molecule has 0 saturated carbocycles. The second-order valence-corrected chi connectivity index (χ2v) is 6.83. The molecule has 0 fully saturated rings. The summed E-state index contributed by atoms with van der Waals surface area (Å²) < 4.78 is 32.5. The molecule has 0 atom stereocenters. The van der Waals surface area contributed by atoms with E-state index >= 15 is 0 Å². The Labute approximate surface area is 141 Å². The first kappa shape index (κ1) is 17.8. The van der Waals surface area contributed by atoms with Gasteiger partial charge in [-0.2, -0.15) is 0 Å². The van der Waals surface area contributed by atoms with Gasteiger partial charge >= 0.3 is 0 Å². The summed E-state index contributed by atoms with van der Waals surface area (Å²) in [7, 11) is -3.76. The van der Waals surface area contributed by atoms with Gasteiger partial charge in [0.1, 0.15) is 5.75 Å². The number of hydrogen-bond acceptors (Lipinski definition) is 5. The number of sulfonamides is 1. The van der Waals surface area contributed by atoms with E-state index in [4.69, 9.17) is 4.74 Å². The number of hydrogen-bond donors (Lipinski definition) is 1. The predicted octanol–water partition coefficient (Wildman–Crippen LogP) is 2.03. The van der Waals surface area contributed by atoms with Crippen LogP contribution in [-0.2, 0) is 10.0 Å². The quantitative estimate of drug-likeness (QED) is 0.737. The summed E-state index contributed by atoms with van der Waals surface area (Å²) in [6, 6.07) is 11.4. The first-order valence-electron chi connectivity index (χ1n) is 7.49. The molecule has 24 heavy (non-hydrogen) atoms. The molecule has 128 valence electrons. The molecule has 0 heterocycles. The van der Waals surface area contributed by atoms with E-state index in [1.807, 2.05) is 0 Å². The van der Waals surface area contributed by atoms with E-state index in [0.29, 0.717) is 12.4 Å². The fourth-order valence-electron chi connectivity index (χ4n) is 1.94. The van der Waals surface area contributed by atoms with Crippen molar-refractivity contribution >= 4 is 21.7 Å². The van der Waals surface area contributed by atoms with E-state index in [9.17, 15) is 18.3 Å². The number of carboxylic acids is 1. The molecular weight excluding hydrogens is 330 g/mol. The van der Waals surface area contributed by atoms with Crippen molar-refractivity contribution in [3.8, 4) is 5.75 Å². The zero-order valence-electron chi connectivity index (χ0n) is 13.2. The van der Waals surface area contributed by atoms with Crippen molar-refractivity contribution in [2.24, 2.45) is 0 Å². The van der Waals surface area contributed by atoms with Gasteiger partial charge in [0.05, 0.1) is 17.5 Å². The van der Waals surface area contributed by atoms with Gasteiger partial charge < -0.3 is 14.6 Å². The van der Waals surface area contributed by atoms with Crippen molar-refractivity contribution in [2.75, 3.05) is 11.3 Å². The highest BCUT2D eigenvalue weighted by Gasteiger charge is 2.14. The van der Waals surface area contributed by atoms with Gasteiger partial charge in [-0.15, -0.1) is 0 Å². The largest absolute Gasteiger partial charge is 0.545 e. The van der Waals surface area contributed by atoms with Crippen molar-refractivity contribution in [3.63, 3.8) is 0 Å². The van der Waals surface area contributed by atoms with Crippen molar-refractivity contribution < 1.29 is 23.1 Å². The number of anilines is 1. The third-order valence-corrected chi connectivity index (χ3v) is 4.67. The van der Waals surface area contributed by atoms with Gasteiger partial charge in [0.25, 0.3) is 10.0 Å². The van der Waals surface area contributed by atoms with Gasteiger partial charge in [0.15, 0.2) is 0 Å². The standard InChI is InChI=1S/C17H19NO5S/c1-2-3-12-23-15-8-10-16(11-9-15)24(21,22)18-14-6-4-13(5-7-14)17(19)20/h4-11,18H,2-3,12H2,1H3,(H,19,20)/p-1. The lowest BCUT2D eigenvalue weighted by atomic mass is 10.2. The van der Waals surface area contributed by atoms with Gasteiger partial charge in [-0.3, -0.25) is 4.72 Å². The number of nitrogens with one attached hydrogen (secondary N) is 1. The van der Waals surface area contributed by atoms with Crippen LogP contribution >= 0.6 is 0 Å². The summed E-state index contributed by atoms with van der Waals surface area (Å²) in [5.74, 6) is -0.705. The Balaban J connectivity index is 2.08. The average molecular weight is 348 g/mol. The van der Waals surface area contributed by atoms with Crippen molar-refractivity contribution in [1.29, 1.82) is 0 Å². The highest BCUT2D eigenvalue weighted by molar-refractivity contribution is 7.92. The minimum Gasteiger partial charge on any atom is -0.545 e. The molecule has 0 saturated heterocycles. The maximum atomic E-state index is 12.3. The maximum absolute atomic E-state index is 12.3. The molecule has 6 nitrogen and oxygen atoms in total. The van der Waals surface area contributed by atoms with Gasteiger partial charge in [0, 0.05) is 5.69 Å². The Morgan fingerprint density at radius 2 is 1.71 bits per heavy atom. The van der Waals surface area contributed by atoms with Gasteiger partial charge in [-0.1, -0.05) is 25.5 Å². The van der Waals surface area contributed by atoms with Crippen LogP contribution in [0.4, 0.5) is 5.69 Å². The summed E-state index contributed by atoms with van der Waals surface area (Å²) >= 11 is 0. The molecule has 1 N–H and O–H groups in total. The first-order chi connectivity index (χ1) is 11.4. The smallest absolute Gasteiger partial charge is 0.261 e. The third-order valence-electron chi connectivity index (χ3n) is 3.27. The number of unbranched alkanes of at least 4 members (excludes halogenated alkanes) is 1. The molecule has 0 aliphatic rings. The minimum absolute atomic E-state index is 0.0217. The Morgan fingerprint density at radius 1 is 1.08 bits per heavy atom. The van der Waals surface area contributed by atoms with E-state index in [0.717, 1.165) is 12.8 Å². The number of benzene rings is 2. The summed E-state index contributed by atoms with van der Waals surface area (Å²) in [6.07, 6.45) is 1.95. The maximum Gasteiger partial charge on any atom is 0.261 e. The second kappa shape index (κ2) is 7.83. The first-order valence-corrected chi connectivity index (χ1v) is 8.98. The second-order valence-electron chi connectivity index (χ2n) is 5.14. The van der Waals surface area contributed by atoms with Crippen molar-refractivity contribution in [1.82, 2.24) is 0 Å². The molecular formula is C17H18NO5S-. The SMILES string of the molecule is CCCCOc1ccc(S(=O)(=O)Nc2ccc(C(=O)[O-])cc2)cc1. The van der Waals surface area contributed by atoms with Crippen LogP contribution in [0.5, 0.6) is 5.75 Å². The zero-order chi connectivity index (χ0) is 17.6. The molecule has 7 heteroatoms. The summed E-state index contributed by atoms with van der Waals surface area (Å²) in [6.45, 7) is 2.65. The lowest BCUT2D eigenvalue weighted by molar-refractivity contribution is -0.255. The highest BCUT2D eigenvalue weighted by Crippen LogP contribution is 2.19. The Morgan fingerprint density at radius 3 is 2.25 bits per heavy atom. The number of carbonyl (C=O) groups excluding carboxylic acids is 1. The van der Waals surface area contributed by atoms with E-state index in [-0.39, 0.29) is 16.1 Å². The summed E-state index contributed by atoms with van der Waals surface area (Å²) in [5, 5.41) is 10.7. The lowest BCUT2D eigenvalue weighted by Crippen LogP contribution is -2.22. The molecule has 2 rings (SSSR count). The number of aromatic carboxylic acids is 1. The normalized spacial score (nSPS) is 11.0. The van der Waals surface area contributed by atoms with E-state index in [2.05, 4.69) is 11.6 Å². The number of carboxylic acid groups (broad SMARTS) is 1. The van der Waals surface area contributed by atoms with E-state index in [1.165, 1.54) is 36.4 Å². The summed E-state index contributed by atoms with van der Waals surface area (Å²) in [5.41, 5.74) is 0.245. The number of carbonyl (C=O) groups is 1. The Bertz CT molecular complexity index is 783. The zero-order valence-corrected chi connectivity index (χ0v) is 14.0. The fourth-order valence-corrected chi connectivity index (χ4v) is 3.00. The van der Waals surface area contributed by atoms with E-state index in [1.54, 1.807) is 12.1 Å².